The van der Waals surface area contributed by atoms with E-state index >= 15 is 0 Å². The standard InChI is InChI=1S/C11H12Cl2N4/c1-6-9(10(13)17(2)16-6)4-7-3-8(12)5-15-11(7)14/h3,5H,4H2,1-2H3,(H2,14,15). The highest BCUT2D eigenvalue weighted by molar-refractivity contribution is 6.31. The third kappa shape index (κ3) is 2.37. The zero-order chi connectivity index (χ0) is 12.6. The van der Waals surface area contributed by atoms with E-state index < -0.39 is 0 Å². The number of nitrogen functional groups attached to an aromatic ring is 1. The van der Waals surface area contributed by atoms with Crippen LogP contribution in [0.1, 0.15) is 16.8 Å². The summed E-state index contributed by atoms with van der Waals surface area (Å²) in [5, 5.41) is 5.42. The first-order valence-corrected chi connectivity index (χ1v) is 5.82. The Balaban J connectivity index is 2.41. The second-order valence-corrected chi connectivity index (χ2v) is 4.65. The van der Waals surface area contributed by atoms with E-state index in [9.17, 15) is 0 Å². The van der Waals surface area contributed by atoms with Crippen molar-refractivity contribution in [2.45, 2.75) is 13.3 Å². The average Bonchev–Trinajstić information content (AvgIpc) is 2.50. The van der Waals surface area contributed by atoms with E-state index in [0.717, 1.165) is 16.8 Å². The molecule has 17 heavy (non-hydrogen) atoms. The van der Waals surface area contributed by atoms with Crippen molar-refractivity contribution in [1.82, 2.24) is 14.8 Å². The molecular formula is C11H12Cl2N4. The molecule has 0 saturated carbocycles. The van der Waals surface area contributed by atoms with Crippen molar-refractivity contribution in [2.24, 2.45) is 7.05 Å². The van der Waals surface area contributed by atoms with Gasteiger partial charge in [-0.1, -0.05) is 23.2 Å². The molecule has 2 heterocycles. The third-order valence-corrected chi connectivity index (χ3v) is 3.28. The van der Waals surface area contributed by atoms with Gasteiger partial charge in [0, 0.05) is 30.8 Å². The van der Waals surface area contributed by atoms with Gasteiger partial charge in [-0.3, -0.25) is 4.68 Å². The van der Waals surface area contributed by atoms with Crippen LogP contribution in [0.2, 0.25) is 10.2 Å². The van der Waals surface area contributed by atoms with E-state index in [2.05, 4.69) is 10.1 Å². The lowest BCUT2D eigenvalue weighted by molar-refractivity contribution is 0.757. The minimum Gasteiger partial charge on any atom is -0.383 e. The Labute approximate surface area is 109 Å². The molecule has 0 aliphatic rings. The topological polar surface area (TPSA) is 56.7 Å². The van der Waals surface area contributed by atoms with Gasteiger partial charge in [0.1, 0.15) is 11.0 Å². The van der Waals surface area contributed by atoms with Gasteiger partial charge in [0.25, 0.3) is 0 Å². The SMILES string of the molecule is Cc1nn(C)c(Cl)c1Cc1cc(Cl)cnc1N. The number of nitrogens with zero attached hydrogens (tertiary/aromatic N) is 3. The lowest BCUT2D eigenvalue weighted by atomic mass is 10.1. The number of pyridine rings is 1. The van der Waals surface area contributed by atoms with Crippen LogP contribution in [0, 0.1) is 6.92 Å². The van der Waals surface area contributed by atoms with Crippen molar-refractivity contribution < 1.29 is 0 Å². The van der Waals surface area contributed by atoms with Crippen LogP contribution in [0.4, 0.5) is 5.82 Å². The van der Waals surface area contributed by atoms with Crippen molar-refractivity contribution >= 4 is 29.0 Å². The molecule has 0 aliphatic carbocycles. The minimum atomic E-state index is 0.466. The second-order valence-electron chi connectivity index (χ2n) is 3.85. The van der Waals surface area contributed by atoms with Crippen molar-refractivity contribution in [3.63, 3.8) is 0 Å². The molecule has 2 aromatic heterocycles. The van der Waals surface area contributed by atoms with Crippen LogP contribution in [0.5, 0.6) is 0 Å². The fourth-order valence-electron chi connectivity index (χ4n) is 1.70. The smallest absolute Gasteiger partial charge is 0.130 e. The second kappa shape index (κ2) is 4.55. The minimum absolute atomic E-state index is 0.466. The highest BCUT2D eigenvalue weighted by Gasteiger charge is 2.13. The summed E-state index contributed by atoms with van der Waals surface area (Å²) in [5.74, 6) is 0.466. The van der Waals surface area contributed by atoms with E-state index in [1.165, 1.54) is 6.20 Å². The molecule has 2 rings (SSSR count). The van der Waals surface area contributed by atoms with E-state index in [-0.39, 0.29) is 0 Å². The fraction of sp³-hybridized carbons (Fsp3) is 0.273. The molecule has 0 spiro atoms. The molecule has 90 valence electrons. The lowest BCUT2D eigenvalue weighted by Crippen LogP contribution is -1.99. The van der Waals surface area contributed by atoms with Crippen LogP contribution in [0.3, 0.4) is 0 Å². The summed E-state index contributed by atoms with van der Waals surface area (Å²) < 4.78 is 1.64. The van der Waals surface area contributed by atoms with Crippen molar-refractivity contribution in [2.75, 3.05) is 5.73 Å². The largest absolute Gasteiger partial charge is 0.383 e. The quantitative estimate of drug-likeness (QED) is 0.913. The van der Waals surface area contributed by atoms with E-state index in [0.29, 0.717) is 22.4 Å². The zero-order valence-corrected chi connectivity index (χ0v) is 11.0. The van der Waals surface area contributed by atoms with Crippen molar-refractivity contribution in [3.05, 3.63) is 39.3 Å². The Hall–Kier alpha value is -1.26. The summed E-state index contributed by atoms with van der Waals surface area (Å²) in [6.07, 6.45) is 2.11. The van der Waals surface area contributed by atoms with Gasteiger partial charge >= 0.3 is 0 Å². The van der Waals surface area contributed by atoms with E-state index in [4.69, 9.17) is 28.9 Å². The monoisotopic (exact) mass is 270 g/mol. The fourth-order valence-corrected chi connectivity index (χ4v) is 2.12. The summed E-state index contributed by atoms with van der Waals surface area (Å²) in [6.45, 7) is 1.91. The van der Waals surface area contributed by atoms with Gasteiger partial charge in [0.15, 0.2) is 0 Å². The Kier molecular flexibility index (Phi) is 3.26. The van der Waals surface area contributed by atoms with Crippen LogP contribution in [-0.4, -0.2) is 14.8 Å². The zero-order valence-electron chi connectivity index (χ0n) is 9.54. The van der Waals surface area contributed by atoms with Crippen LogP contribution in [0.25, 0.3) is 0 Å². The van der Waals surface area contributed by atoms with Crippen LogP contribution in [-0.2, 0) is 13.5 Å². The molecule has 0 saturated heterocycles. The Morgan fingerprint density at radius 1 is 1.41 bits per heavy atom. The van der Waals surface area contributed by atoms with Crippen molar-refractivity contribution in [1.29, 1.82) is 0 Å². The molecular weight excluding hydrogens is 259 g/mol. The first kappa shape index (κ1) is 12.2. The number of anilines is 1. The maximum atomic E-state index is 6.16. The Bertz CT molecular complexity index is 563. The molecule has 2 N–H and O–H groups in total. The van der Waals surface area contributed by atoms with Crippen LogP contribution in [0.15, 0.2) is 12.3 Å². The van der Waals surface area contributed by atoms with E-state index in [1.807, 2.05) is 6.92 Å². The van der Waals surface area contributed by atoms with Gasteiger partial charge in [-0.25, -0.2) is 4.98 Å². The lowest BCUT2D eigenvalue weighted by Gasteiger charge is -2.05. The predicted octanol–water partition coefficient (Wildman–Crippen LogP) is 2.60. The summed E-state index contributed by atoms with van der Waals surface area (Å²) in [7, 11) is 1.80. The number of aromatic nitrogens is 3. The normalized spacial score (nSPS) is 10.8. The maximum absolute atomic E-state index is 6.16. The van der Waals surface area contributed by atoms with Crippen LogP contribution >= 0.6 is 23.2 Å². The van der Waals surface area contributed by atoms with Gasteiger partial charge in [0.2, 0.25) is 0 Å². The molecule has 6 heteroatoms. The number of hydrogen-bond acceptors (Lipinski definition) is 3. The van der Waals surface area contributed by atoms with E-state index in [1.54, 1.807) is 17.8 Å². The molecule has 0 radical (unpaired) electrons. The van der Waals surface area contributed by atoms with Gasteiger partial charge in [-0.2, -0.15) is 5.10 Å². The molecule has 0 amide bonds. The number of hydrogen-bond donors (Lipinski definition) is 1. The molecule has 0 atom stereocenters. The highest BCUT2D eigenvalue weighted by Crippen LogP contribution is 2.25. The molecule has 0 aliphatic heterocycles. The number of nitrogens with two attached hydrogens (primary N) is 1. The maximum Gasteiger partial charge on any atom is 0.130 e. The molecule has 4 nitrogen and oxygen atoms in total. The highest BCUT2D eigenvalue weighted by atomic mass is 35.5. The summed E-state index contributed by atoms with van der Waals surface area (Å²) >= 11 is 12.1. The summed E-state index contributed by atoms with van der Waals surface area (Å²) in [5.41, 5.74) is 8.50. The first-order valence-electron chi connectivity index (χ1n) is 5.07. The number of aryl methyl sites for hydroxylation is 2. The average molecular weight is 271 g/mol. The van der Waals surface area contributed by atoms with Gasteiger partial charge in [-0.05, 0) is 13.0 Å². The summed E-state index contributed by atoms with van der Waals surface area (Å²) in [4.78, 5) is 4.02. The third-order valence-electron chi connectivity index (χ3n) is 2.61. The first-order chi connectivity index (χ1) is 7.99. The molecule has 2 aromatic rings. The van der Waals surface area contributed by atoms with Gasteiger partial charge < -0.3 is 5.73 Å². The Morgan fingerprint density at radius 3 is 2.71 bits per heavy atom. The predicted molar refractivity (Wildman–Crippen MR) is 69.4 cm³/mol. The summed E-state index contributed by atoms with van der Waals surface area (Å²) in [6, 6.07) is 1.80. The Morgan fingerprint density at radius 2 is 2.12 bits per heavy atom. The molecule has 0 bridgehead atoms. The molecule has 0 unspecified atom stereocenters. The molecule has 0 aromatic carbocycles. The van der Waals surface area contributed by atoms with Gasteiger partial charge in [-0.15, -0.1) is 0 Å². The van der Waals surface area contributed by atoms with Crippen molar-refractivity contribution in [3.8, 4) is 0 Å². The number of rotatable bonds is 2. The molecule has 0 fully saturated rings. The number of halogens is 2. The van der Waals surface area contributed by atoms with Gasteiger partial charge in [0.05, 0.1) is 10.7 Å². The van der Waals surface area contributed by atoms with Crippen LogP contribution < -0.4 is 5.73 Å².